The minimum atomic E-state index is 0.216. The molecule has 19 heavy (non-hydrogen) atoms. The van der Waals surface area contributed by atoms with Crippen LogP contribution in [0.1, 0.15) is 13.8 Å². The van der Waals surface area contributed by atoms with Gasteiger partial charge in [-0.25, -0.2) is 4.98 Å². The van der Waals surface area contributed by atoms with Crippen molar-refractivity contribution in [3.63, 3.8) is 0 Å². The number of pyridine rings is 1. The first kappa shape index (κ1) is 14.1. The Balaban J connectivity index is 1.74. The van der Waals surface area contributed by atoms with E-state index in [1.165, 1.54) is 6.20 Å². The number of nitrogens with zero attached hydrogens (tertiary/aromatic N) is 3. The summed E-state index contributed by atoms with van der Waals surface area (Å²) in [6.07, 6.45) is 1.81. The summed E-state index contributed by atoms with van der Waals surface area (Å²) in [5.41, 5.74) is 0. The van der Waals surface area contributed by atoms with Gasteiger partial charge in [-0.2, -0.15) is 0 Å². The minimum absolute atomic E-state index is 0.216. The molecule has 1 saturated heterocycles. The highest BCUT2D eigenvalue weighted by Gasteiger charge is 2.17. The van der Waals surface area contributed by atoms with Gasteiger partial charge in [-0.05, 0) is 26.0 Å². The maximum absolute atomic E-state index is 9.24. The van der Waals surface area contributed by atoms with Gasteiger partial charge in [0.1, 0.15) is 11.6 Å². The molecule has 0 saturated carbocycles. The van der Waals surface area contributed by atoms with Gasteiger partial charge in [-0.1, -0.05) is 0 Å². The number of hydrogen-bond donors (Lipinski definition) is 1. The zero-order valence-electron chi connectivity index (χ0n) is 11.7. The van der Waals surface area contributed by atoms with Gasteiger partial charge in [0.15, 0.2) is 0 Å². The van der Waals surface area contributed by atoms with Crippen LogP contribution in [0.2, 0.25) is 0 Å². The lowest BCUT2D eigenvalue weighted by molar-refractivity contribution is 0.0578. The summed E-state index contributed by atoms with van der Waals surface area (Å²) in [5.74, 6) is 1.16. The smallest absolute Gasteiger partial charge is 0.134 e. The third kappa shape index (κ3) is 4.36. The Hall–Kier alpha value is -1.33. The van der Waals surface area contributed by atoms with Gasteiger partial charge < -0.3 is 14.7 Å². The van der Waals surface area contributed by atoms with Crippen LogP contribution < -0.4 is 4.90 Å². The molecule has 5 heteroatoms. The van der Waals surface area contributed by atoms with Crippen molar-refractivity contribution in [1.29, 1.82) is 0 Å². The first-order valence-corrected chi connectivity index (χ1v) is 6.89. The van der Waals surface area contributed by atoms with E-state index in [0.29, 0.717) is 6.10 Å². The molecular formula is C14H23N3O2. The number of ether oxygens (including phenoxy) is 1. The van der Waals surface area contributed by atoms with Crippen molar-refractivity contribution in [3.8, 4) is 5.75 Å². The normalized spacial score (nSPS) is 17.1. The standard InChI is InChI=1S/C14H23N3O2/c1-12(2)19-10-9-16-5-7-17(8-6-16)14-4-3-13(18)11-15-14/h3-4,11-12,18H,5-10H2,1-2H3. The zero-order chi connectivity index (χ0) is 13.7. The molecule has 1 aromatic heterocycles. The number of piperazine rings is 1. The van der Waals surface area contributed by atoms with Crippen molar-refractivity contribution in [2.24, 2.45) is 0 Å². The average molecular weight is 265 g/mol. The first-order valence-electron chi connectivity index (χ1n) is 6.89. The van der Waals surface area contributed by atoms with Crippen molar-refractivity contribution in [2.75, 3.05) is 44.2 Å². The van der Waals surface area contributed by atoms with Crippen molar-refractivity contribution in [2.45, 2.75) is 20.0 Å². The van der Waals surface area contributed by atoms with Gasteiger partial charge in [-0.15, -0.1) is 0 Å². The predicted octanol–water partition coefficient (Wildman–Crippen LogP) is 1.33. The SMILES string of the molecule is CC(C)OCCN1CCN(c2ccc(O)cn2)CC1. The zero-order valence-corrected chi connectivity index (χ0v) is 11.7. The van der Waals surface area contributed by atoms with Crippen LogP contribution in [0, 0.1) is 0 Å². The lowest BCUT2D eigenvalue weighted by Gasteiger charge is -2.35. The average Bonchev–Trinajstić information content (AvgIpc) is 2.40. The molecule has 0 unspecified atom stereocenters. The van der Waals surface area contributed by atoms with E-state index in [2.05, 4.69) is 28.6 Å². The fourth-order valence-corrected chi connectivity index (χ4v) is 2.18. The van der Waals surface area contributed by atoms with E-state index in [9.17, 15) is 5.11 Å². The summed E-state index contributed by atoms with van der Waals surface area (Å²) >= 11 is 0. The Kier molecular flexibility index (Phi) is 4.99. The Bertz CT molecular complexity index is 373. The molecule has 1 aliphatic rings. The molecule has 0 amide bonds. The molecule has 0 aliphatic carbocycles. The van der Waals surface area contributed by atoms with Crippen LogP contribution in [0.25, 0.3) is 0 Å². The monoisotopic (exact) mass is 265 g/mol. The van der Waals surface area contributed by atoms with Crippen LogP contribution in [0.5, 0.6) is 5.75 Å². The fourth-order valence-electron chi connectivity index (χ4n) is 2.18. The highest BCUT2D eigenvalue weighted by molar-refractivity contribution is 5.40. The maximum atomic E-state index is 9.24. The third-order valence-corrected chi connectivity index (χ3v) is 3.29. The quantitative estimate of drug-likeness (QED) is 0.870. The van der Waals surface area contributed by atoms with Crippen molar-refractivity contribution >= 4 is 5.82 Å². The second-order valence-electron chi connectivity index (χ2n) is 5.12. The largest absolute Gasteiger partial charge is 0.506 e. The number of aromatic nitrogens is 1. The van der Waals surface area contributed by atoms with E-state index in [0.717, 1.165) is 45.1 Å². The molecule has 1 aliphatic heterocycles. The maximum Gasteiger partial charge on any atom is 0.134 e. The molecule has 2 heterocycles. The molecule has 1 aromatic rings. The number of rotatable bonds is 5. The third-order valence-electron chi connectivity index (χ3n) is 3.29. The Morgan fingerprint density at radius 1 is 1.26 bits per heavy atom. The van der Waals surface area contributed by atoms with E-state index in [4.69, 9.17) is 4.74 Å². The summed E-state index contributed by atoms with van der Waals surface area (Å²) in [7, 11) is 0. The molecule has 1 fully saturated rings. The van der Waals surface area contributed by atoms with Crippen molar-refractivity contribution < 1.29 is 9.84 Å². The summed E-state index contributed by atoms with van der Waals surface area (Å²) < 4.78 is 5.57. The molecule has 0 aromatic carbocycles. The molecule has 2 rings (SSSR count). The molecule has 0 bridgehead atoms. The van der Waals surface area contributed by atoms with Gasteiger partial charge in [0, 0.05) is 32.7 Å². The van der Waals surface area contributed by atoms with Crippen LogP contribution in [-0.4, -0.2) is 60.4 Å². The second-order valence-corrected chi connectivity index (χ2v) is 5.12. The fraction of sp³-hybridized carbons (Fsp3) is 0.643. The van der Waals surface area contributed by atoms with E-state index in [1.54, 1.807) is 6.07 Å². The molecule has 1 N–H and O–H groups in total. The Morgan fingerprint density at radius 3 is 2.58 bits per heavy atom. The Morgan fingerprint density at radius 2 is 2.00 bits per heavy atom. The van der Waals surface area contributed by atoms with E-state index in [-0.39, 0.29) is 5.75 Å². The van der Waals surface area contributed by atoms with E-state index in [1.807, 2.05) is 6.07 Å². The van der Waals surface area contributed by atoms with Crippen molar-refractivity contribution in [1.82, 2.24) is 9.88 Å². The summed E-state index contributed by atoms with van der Waals surface area (Å²) in [4.78, 5) is 8.91. The minimum Gasteiger partial charge on any atom is -0.506 e. The van der Waals surface area contributed by atoms with Gasteiger partial charge in [0.25, 0.3) is 0 Å². The van der Waals surface area contributed by atoms with Crippen LogP contribution in [0.4, 0.5) is 5.82 Å². The molecular weight excluding hydrogens is 242 g/mol. The molecule has 0 spiro atoms. The lowest BCUT2D eigenvalue weighted by atomic mass is 10.3. The van der Waals surface area contributed by atoms with Gasteiger partial charge in [-0.3, -0.25) is 4.90 Å². The van der Waals surface area contributed by atoms with Crippen LogP contribution in [0.15, 0.2) is 18.3 Å². The first-order chi connectivity index (χ1) is 9.15. The molecule has 0 radical (unpaired) electrons. The topological polar surface area (TPSA) is 48.8 Å². The molecule has 5 nitrogen and oxygen atoms in total. The highest BCUT2D eigenvalue weighted by Crippen LogP contribution is 2.16. The number of aromatic hydroxyl groups is 1. The Labute approximate surface area is 114 Å². The molecule has 0 atom stereocenters. The van der Waals surface area contributed by atoms with Gasteiger partial charge in [0.2, 0.25) is 0 Å². The van der Waals surface area contributed by atoms with Crippen LogP contribution in [-0.2, 0) is 4.74 Å². The summed E-state index contributed by atoms with van der Waals surface area (Å²) in [6.45, 7) is 9.93. The van der Waals surface area contributed by atoms with Gasteiger partial charge >= 0.3 is 0 Å². The van der Waals surface area contributed by atoms with E-state index >= 15 is 0 Å². The van der Waals surface area contributed by atoms with E-state index < -0.39 is 0 Å². The highest BCUT2D eigenvalue weighted by atomic mass is 16.5. The number of anilines is 1. The van der Waals surface area contributed by atoms with Crippen LogP contribution >= 0.6 is 0 Å². The predicted molar refractivity (Wildman–Crippen MR) is 75.6 cm³/mol. The molecule has 106 valence electrons. The van der Waals surface area contributed by atoms with Gasteiger partial charge in [0.05, 0.1) is 18.9 Å². The van der Waals surface area contributed by atoms with Crippen molar-refractivity contribution in [3.05, 3.63) is 18.3 Å². The van der Waals surface area contributed by atoms with Crippen LogP contribution in [0.3, 0.4) is 0 Å². The summed E-state index contributed by atoms with van der Waals surface area (Å²) in [6, 6.07) is 3.55. The second kappa shape index (κ2) is 6.73. The number of hydrogen-bond acceptors (Lipinski definition) is 5. The lowest BCUT2D eigenvalue weighted by Crippen LogP contribution is -2.47. The summed E-state index contributed by atoms with van der Waals surface area (Å²) in [5, 5.41) is 9.24.